The van der Waals surface area contributed by atoms with Crippen molar-refractivity contribution < 1.29 is 4.74 Å². The Morgan fingerprint density at radius 1 is 1.36 bits per heavy atom. The number of benzene rings is 1. The molecule has 0 radical (unpaired) electrons. The molecule has 3 N–H and O–H groups in total. The maximum atomic E-state index is 11.7. The molecule has 0 unspecified atom stereocenters. The zero-order valence-corrected chi connectivity index (χ0v) is 13.9. The summed E-state index contributed by atoms with van der Waals surface area (Å²) in [4.78, 5) is 18.3. The number of hydrogen-bond acceptors (Lipinski definition) is 5. The van der Waals surface area contributed by atoms with Crippen molar-refractivity contribution in [2.45, 2.75) is 6.42 Å². The van der Waals surface area contributed by atoms with Crippen LogP contribution in [0.25, 0.3) is 11.4 Å². The summed E-state index contributed by atoms with van der Waals surface area (Å²) in [6.45, 7) is 4.11. The van der Waals surface area contributed by atoms with Gasteiger partial charge in [0, 0.05) is 31.3 Å². The third-order valence-corrected chi connectivity index (χ3v) is 3.62. The lowest BCUT2D eigenvalue weighted by Crippen LogP contribution is -2.11. The molecule has 0 atom stereocenters. The molecule has 3 aromatic rings. The minimum absolute atomic E-state index is 0.0637. The standard InChI is InChI=1S/C18H19N5O2/c1-3-8-25-15-7-5-4-6-12(15)9-13-11-23(2)22-17(13)14-10-16(24)21-18(19)20-14/h3-7,10-11H,1,8-9H2,2H3,(H3,19,20,21,24). The van der Waals surface area contributed by atoms with Crippen LogP contribution in [0.2, 0.25) is 0 Å². The number of nitrogen functional groups attached to an aromatic ring is 1. The first-order valence-electron chi connectivity index (χ1n) is 7.78. The van der Waals surface area contributed by atoms with Crippen molar-refractivity contribution >= 4 is 5.95 Å². The van der Waals surface area contributed by atoms with Gasteiger partial charge in [0.1, 0.15) is 23.7 Å². The molecule has 0 saturated heterocycles. The summed E-state index contributed by atoms with van der Waals surface area (Å²) in [5.74, 6) is 0.851. The number of nitrogens with two attached hydrogens (primary N) is 1. The fourth-order valence-corrected chi connectivity index (χ4v) is 2.62. The van der Waals surface area contributed by atoms with E-state index >= 15 is 0 Å². The van der Waals surface area contributed by atoms with Crippen molar-refractivity contribution in [3.63, 3.8) is 0 Å². The molecule has 2 aromatic heterocycles. The van der Waals surface area contributed by atoms with E-state index in [1.807, 2.05) is 37.5 Å². The highest BCUT2D eigenvalue weighted by Crippen LogP contribution is 2.26. The fraction of sp³-hybridized carbons (Fsp3) is 0.167. The van der Waals surface area contributed by atoms with Gasteiger partial charge in [0.05, 0.1) is 0 Å². The lowest BCUT2D eigenvalue weighted by atomic mass is 10.0. The molecule has 0 saturated carbocycles. The maximum Gasteiger partial charge on any atom is 0.252 e. The third kappa shape index (κ3) is 3.77. The Balaban J connectivity index is 2.00. The SMILES string of the molecule is C=CCOc1ccccc1Cc1cn(C)nc1-c1cc(=O)[nH]c(N)n1. The Labute approximate surface area is 144 Å². The molecule has 0 amide bonds. The molecule has 1 aromatic carbocycles. The van der Waals surface area contributed by atoms with E-state index in [2.05, 4.69) is 21.6 Å². The summed E-state index contributed by atoms with van der Waals surface area (Å²) in [5, 5.41) is 4.44. The molecule has 0 aliphatic heterocycles. The first-order chi connectivity index (χ1) is 12.1. The molecule has 0 aliphatic rings. The van der Waals surface area contributed by atoms with Crippen LogP contribution < -0.4 is 16.0 Å². The zero-order valence-electron chi connectivity index (χ0n) is 13.9. The van der Waals surface area contributed by atoms with Crippen LogP contribution in [-0.2, 0) is 13.5 Å². The molecule has 7 heteroatoms. The molecule has 3 rings (SSSR count). The molecule has 7 nitrogen and oxygen atoms in total. The number of aromatic nitrogens is 4. The van der Waals surface area contributed by atoms with Gasteiger partial charge in [-0.05, 0) is 11.6 Å². The summed E-state index contributed by atoms with van der Waals surface area (Å²) in [5.41, 5.74) is 8.35. The van der Waals surface area contributed by atoms with Gasteiger partial charge in [0.25, 0.3) is 5.56 Å². The fourth-order valence-electron chi connectivity index (χ4n) is 2.62. The largest absolute Gasteiger partial charge is 0.489 e. The number of nitrogens with zero attached hydrogens (tertiary/aromatic N) is 3. The van der Waals surface area contributed by atoms with E-state index in [0.29, 0.717) is 24.4 Å². The zero-order chi connectivity index (χ0) is 17.8. The number of rotatable bonds is 6. The molecule has 128 valence electrons. The number of ether oxygens (including phenoxy) is 1. The van der Waals surface area contributed by atoms with Gasteiger partial charge in [0.15, 0.2) is 0 Å². The van der Waals surface area contributed by atoms with Crippen LogP contribution in [0.5, 0.6) is 5.75 Å². The van der Waals surface area contributed by atoms with Crippen molar-refractivity contribution in [1.29, 1.82) is 0 Å². The summed E-state index contributed by atoms with van der Waals surface area (Å²) >= 11 is 0. The summed E-state index contributed by atoms with van der Waals surface area (Å²) in [6.07, 6.45) is 4.19. The minimum atomic E-state index is -0.311. The van der Waals surface area contributed by atoms with E-state index in [1.54, 1.807) is 10.8 Å². The molecule has 25 heavy (non-hydrogen) atoms. The van der Waals surface area contributed by atoms with Gasteiger partial charge >= 0.3 is 0 Å². The van der Waals surface area contributed by atoms with Gasteiger partial charge in [0.2, 0.25) is 5.95 Å². The molecular weight excluding hydrogens is 318 g/mol. The van der Waals surface area contributed by atoms with Crippen molar-refractivity contribution in [1.82, 2.24) is 19.7 Å². The van der Waals surface area contributed by atoms with Crippen LogP contribution in [0.1, 0.15) is 11.1 Å². The van der Waals surface area contributed by atoms with Gasteiger partial charge in [-0.25, -0.2) is 4.98 Å². The van der Waals surface area contributed by atoms with E-state index < -0.39 is 0 Å². The third-order valence-electron chi connectivity index (χ3n) is 3.62. The van der Waals surface area contributed by atoms with Crippen molar-refractivity contribution in [3.8, 4) is 17.1 Å². The average Bonchev–Trinajstić information content (AvgIpc) is 2.94. The predicted octanol–water partition coefficient (Wildman–Crippen LogP) is 1.91. The number of nitrogens with one attached hydrogen (secondary N) is 1. The van der Waals surface area contributed by atoms with Gasteiger partial charge in [-0.1, -0.05) is 30.9 Å². The molecule has 2 heterocycles. The lowest BCUT2D eigenvalue weighted by Gasteiger charge is -2.10. The second kappa shape index (κ2) is 7.04. The predicted molar refractivity (Wildman–Crippen MR) is 96.4 cm³/mol. The average molecular weight is 337 g/mol. The first-order valence-corrected chi connectivity index (χ1v) is 7.78. The Kier molecular flexibility index (Phi) is 4.65. The first kappa shape index (κ1) is 16.5. The van der Waals surface area contributed by atoms with E-state index in [9.17, 15) is 4.79 Å². The van der Waals surface area contributed by atoms with Crippen LogP contribution in [0.4, 0.5) is 5.95 Å². The van der Waals surface area contributed by atoms with Crippen molar-refractivity contribution in [2.75, 3.05) is 12.3 Å². The summed E-state index contributed by atoms with van der Waals surface area (Å²) in [6, 6.07) is 9.18. The highest BCUT2D eigenvalue weighted by atomic mass is 16.5. The number of para-hydroxylation sites is 1. The summed E-state index contributed by atoms with van der Waals surface area (Å²) in [7, 11) is 1.82. The monoisotopic (exact) mass is 337 g/mol. The Morgan fingerprint density at radius 2 is 2.16 bits per heavy atom. The van der Waals surface area contributed by atoms with Gasteiger partial charge in [-0.3, -0.25) is 14.5 Å². The van der Waals surface area contributed by atoms with Gasteiger partial charge in [-0.2, -0.15) is 5.10 Å². The quantitative estimate of drug-likeness (QED) is 0.670. The second-order valence-electron chi connectivity index (χ2n) is 5.58. The second-order valence-corrected chi connectivity index (χ2v) is 5.58. The number of hydrogen-bond donors (Lipinski definition) is 2. The molecular formula is C18H19N5O2. The Bertz CT molecular complexity index is 958. The van der Waals surface area contributed by atoms with Crippen LogP contribution in [0.3, 0.4) is 0 Å². The number of anilines is 1. The lowest BCUT2D eigenvalue weighted by molar-refractivity contribution is 0.360. The molecule has 0 spiro atoms. The molecule has 0 aliphatic carbocycles. The maximum absolute atomic E-state index is 11.7. The highest BCUT2D eigenvalue weighted by Gasteiger charge is 2.15. The van der Waals surface area contributed by atoms with Crippen LogP contribution in [-0.4, -0.2) is 26.4 Å². The van der Waals surface area contributed by atoms with Crippen molar-refractivity contribution in [3.05, 3.63) is 70.7 Å². The number of aryl methyl sites for hydroxylation is 1. The Hall–Kier alpha value is -3.35. The highest BCUT2D eigenvalue weighted by molar-refractivity contribution is 5.60. The number of H-pyrrole nitrogens is 1. The van der Waals surface area contributed by atoms with Crippen LogP contribution in [0, 0.1) is 0 Å². The molecule has 0 fully saturated rings. The van der Waals surface area contributed by atoms with E-state index in [1.165, 1.54) is 6.07 Å². The van der Waals surface area contributed by atoms with Crippen LogP contribution >= 0.6 is 0 Å². The van der Waals surface area contributed by atoms with Gasteiger partial charge in [-0.15, -0.1) is 0 Å². The minimum Gasteiger partial charge on any atom is -0.489 e. The van der Waals surface area contributed by atoms with E-state index in [-0.39, 0.29) is 11.5 Å². The summed E-state index contributed by atoms with van der Waals surface area (Å²) < 4.78 is 7.40. The Morgan fingerprint density at radius 3 is 2.92 bits per heavy atom. The van der Waals surface area contributed by atoms with Crippen molar-refractivity contribution in [2.24, 2.45) is 7.05 Å². The van der Waals surface area contributed by atoms with E-state index in [4.69, 9.17) is 10.5 Å². The van der Waals surface area contributed by atoms with Crippen LogP contribution in [0.15, 0.2) is 54.0 Å². The van der Waals surface area contributed by atoms with Gasteiger partial charge < -0.3 is 10.5 Å². The molecule has 0 bridgehead atoms. The topological polar surface area (TPSA) is 98.8 Å². The number of aromatic amines is 1. The smallest absolute Gasteiger partial charge is 0.252 e. The van der Waals surface area contributed by atoms with E-state index in [0.717, 1.165) is 16.9 Å². The normalized spacial score (nSPS) is 10.6.